The summed E-state index contributed by atoms with van der Waals surface area (Å²) in [6.45, 7) is 8.39. The Morgan fingerprint density at radius 2 is 2.11 bits per heavy atom. The van der Waals surface area contributed by atoms with Crippen molar-refractivity contribution in [2.45, 2.75) is 52.0 Å². The zero-order valence-electron chi connectivity index (χ0n) is 17.4. The van der Waals surface area contributed by atoms with Gasteiger partial charge in [-0.25, -0.2) is 14.9 Å². The number of nitrogens with zero attached hydrogens (tertiary/aromatic N) is 3. The fraction of sp³-hybridized carbons (Fsp3) is 0.522. The molecule has 1 aromatic heterocycles. The van der Waals surface area contributed by atoms with Crippen LogP contribution < -0.4 is 5.43 Å². The zero-order valence-corrected chi connectivity index (χ0v) is 17.4. The largest absolute Gasteiger partial charge is 0.336 e. The van der Waals surface area contributed by atoms with Crippen molar-refractivity contribution in [2.75, 3.05) is 32.1 Å². The first-order chi connectivity index (χ1) is 13.6. The molecular formula is C23H30N4O. The van der Waals surface area contributed by atoms with E-state index in [-0.39, 0.29) is 6.03 Å². The molecule has 1 aliphatic carbocycles. The molecule has 2 aromatic rings. The lowest BCUT2D eigenvalue weighted by Gasteiger charge is -2.42. The molecule has 5 heteroatoms. The lowest BCUT2D eigenvalue weighted by Crippen LogP contribution is -2.44. The molecule has 2 amide bonds. The number of piperidine rings is 1. The van der Waals surface area contributed by atoms with Crippen LogP contribution in [0.5, 0.6) is 0 Å². The van der Waals surface area contributed by atoms with Gasteiger partial charge in [-0.15, -0.1) is 0 Å². The summed E-state index contributed by atoms with van der Waals surface area (Å²) in [7, 11) is 2.24. The van der Waals surface area contributed by atoms with Gasteiger partial charge < -0.3 is 9.80 Å². The van der Waals surface area contributed by atoms with Crippen molar-refractivity contribution in [3.63, 3.8) is 0 Å². The topological polar surface area (TPSA) is 40.5 Å². The number of likely N-dealkylation sites (tertiary alicyclic amines) is 1. The minimum atomic E-state index is -0.0770. The van der Waals surface area contributed by atoms with Gasteiger partial charge in [-0.1, -0.05) is 18.1 Å². The predicted octanol–water partition coefficient (Wildman–Crippen LogP) is 3.75. The molecule has 5 nitrogen and oxygen atoms in total. The number of hydrogen-bond acceptors (Lipinski definition) is 2. The van der Waals surface area contributed by atoms with E-state index in [1.54, 1.807) is 4.90 Å². The second-order valence-corrected chi connectivity index (χ2v) is 7.87. The van der Waals surface area contributed by atoms with Gasteiger partial charge in [-0.2, -0.15) is 0 Å². The highest BCUT2D eigenvalue weighted by Crippen LogP contribution is 2.44. The molecule has 2 aliphatic rings. The molecule has 0 spiro atoms. The smallest absolute Gasteiger partial charge is 0.324 e. The molecule has 28 heavy (non-hydrogen) atoms. The molecule has 0 saturated carbocycles. The Kier molecular flexibility index (Phi) is 5.07. The summed E-state index contributed by atoms with van der Waals surface area (Å²) >= 11 is 0. The normalized spacial score (nSPS) is 21.0. The lowest BCUT2D eigenvalue weighted by molar-refractivity contribution is 0.157. The van der Waals surface area contributed by atoms with E-state index < -0.39 is 0 Å². The number of benzene rings is 1. The summed E-state index contributed by atoms with van der Waals surface area (Å²) in [5.41, 5.74) is 7.84. The van der Waals surface area contributed by atoms with Crippen LogP contribution in [0.25, 0.3) is 10.9 Å². The van der Waals surface area contributed by atoms with Gasteiger partial charge >= 0.3 is 6.03 Å². The number of nitrogens with one attached hydrogen (secondary N) is 1. The van der Waals surface area contributed by atoms with Crippen molar-refractivity contribution >= 4 is 16.9 Å². The Hall–Kier alpha value is -2.45. The fourth-order valence-corrected chi connectivity index (χ4v) is 5.09. The SMILES string of the molecule is CC#Cc1c2c3c(cccc3n1NC(=O)N(CC)CC)[C@H]1CCCN(C)[C@@H]1C2. The molecule has 2 atom stereocenters. The summed E-state index contributed by atoms with van der Waals surface area (Å²) < 4.78 is 1.93. The van der Waals surface area contributed by atoms with E-state index in [1.165, 1.54) is 29.4 Å². The molecule has 1 saturated heterocycles. The van der Waals surface area contributed by atoms with Gasteiger partial charge in [-0.05, 0) is 76.7 Å². The highest BCUT2D eigenvalue weighted by molar-refractivity contribution is 5.94. The number of hydrogen-bond donors (Lipinski definition) is 1. The van der Waals surface area contributed by atoms with Crippen LogP contribution in [-0.2, 0) is 6.42 Å². The fourth-order valence-electron chi connectivity index (χ4n) is 5.09. The molecule has 148 valence electrons. The molecule has 0 bridgehead atoms. The van der Waals surface area contributed by atoms with E-state index in [2.05, 4.69) is 47.4 Å². The highest BCUT2D eigenvalue weighted by Gasteiger charge is 2.38. The number of urea groups is 1. The van der Waals surface area contributed by atoms with E-state index in [9.17, 15) is 4.79 Å². The molecular weight excluding hydrogens is 348 g/mol. The number of fused-ring (bicyclic) bond motifs is 2. The van der Waals surface area contributed by atoms with Gasteiger partial charge in [0.15, 0.2) is 0 Å². The second-order valence-electron chi connectivity index (χ2n) is 7.87. The van der Waals surface area contributed by atoms with E-state index in [4.69, 9.17) is 0 Å². The average molecular weight is 379 g/mol. The van der Waals surface area contributed by atoms with Crippen molar-refractivity contribution in [3.8, 4) is 11.8 Å². The highest BCUT2D eigenvalue weighted by atomic mass is 16.2. The Labute approximate surface area is 167 Å². The van der Waals surface area contributed by atoms with Crippen molar-refractivity contribution in [3.05, 3.63) is 35.0 Å². The third-order valence-corrected chi connectivity index (χ3v) is 6.50. The Bertz CT molecular complexity index is 960. The van der Waals surface area contributed by atoms with Crippen LogP contribution in [0.15, 0.2) is 18.2 Å². The number of amides is 2. The van der Waals surface area contributed by atoms with E-state index >= 15 is 0 Å². The first-order valence-electron chi connectivity index (χ1n) is 10.5. The van der Waals surface area contributed by atoms with Crippen LogP contribution in [0.2, 0.25) is 0 Å². The monoisotopic (exact) mass is 378 g/mol. The van der Waals surface area contributed by atoms with Crippen molar-refractivity contribution < 1.29 is 4.79 Å². The standard InChI is InChI=1S/C23H30N4O/c1-5-10-19-18-15-21-16(12-9-14-25(21)4)17-11-8-13-20(22(17)18)27(19)24-23(28)26(6-2)7-3/h8,11,13,16,21H,6-7,9,12,14-15H2,1-4H3,(H,24,28)/t16-,21-/m1/s1. The molecule has 0 unspecified atom stereocenters. The van der Waals surface area contributed by atoms with Crippen LogP contribution in [0.1, 0.15) is 56.4 Å². The summed E-state index contributed by atoms with van der Waals surface area (Å²) in [6, 6.07) is 6.95. The Morgan fingerprint density at radius 3 is 2.82 bits per heavy atom. The lowest BCUT2D eigenvalue weighted by atomic mass is 9.75. The van der Waals surface area contributed by atoms with Crippen molar-refractivity contribution in [1.82, 2.24) is 14.5 Å². The molecule has 1 aliphatic heterocycles. The first-order valence-corrected chi connectivity index (χ1v) is 10.5. The number of likely N-dealkylation sites (N-methyl/N-ethyl adjacent to an activating group) is 1. The average Bonchev–Trinajstić information content (AvgIpc) is 2.98. The summed E-state index contributed by atoms with van der Waals surface area (Å²) in [5.74, 6) is 6.93. The van der Waals surface area contributed by atoms with Crippen molar-refractivity contribution in [2.24, 2.45) is 0 Å². The molecule has 1 fully saturated rings. The number of rotatable bonds is 3. The van der Waals surface area contributed by atoms with Gasteiger partial charge in [0.1, 0.15) is 5.69 Å². The van der Waals surface area contributed by atoms with E-state index in [0.29, 0.717) is 25.0 Å². The molecule has 2 heterocycles. The molecule has 4 rings (SSSR count). The second kappa shape index (κ2) is 7.52. The summed E-state index contributed by atoms with van der Waals surface area (Å²) in [6.07, 6.45) is 3.47. The first kappa shape index (κ1) is 18.9. The third kappa shape index (κ3) is 2.87. The van der Waals surface area contributed by atoms with Crippen LogP contribution in [-0.4, -0.2) is 53.2 Å². The van der Waals surface area contributed by atoms with Crippen LogP contribution in [0.4, 0.5) is 4.79 Å². The number of carbonyl (C=O) groups is 1. The Morgan fingerprint density at radius 1 is 1.32 bits per heavy atom. The van der Waals surface area contributed by atoms with Gasteiger partial charge in [0.05, 0.1) is 5.52 Å². The Balaban J connectivity index is 1.88. The molecule has 0 radical (unpaired) electrons. The third-order valence-electron chi connectivity index (χ3n) is 6.50. The van der Waals surface area contributed by atoms with E-state index in [1.807, 2.05) is 25.4 Å². The number of carbonyl (C=O) groups excluding carboxylic acids is 1. The minimum absolute atomic E-state index is 0.0770. The molecule has 1 aromatic carbocycles. The van der Waals surface area contributed by atoms with Gasteiger partial charge in [-0.3, -0.25) is 0 Å². The zero-order chi connectivity index (χ0) is 19.8. The maximum Gasteiger partial charge on any atom is 0.336 e. The van der Waals surface area contributed by atoms with Gasteiger partial charge in [0.25, 0.3) is 0 Å². The van der Waals surface area contributed by atoms with Crippen LogP contribution in [0, 0.1) is 11.8 Å². The maximum atomic E-state index is 12.8. The molecule has 1 N–H and O–H groups in total. The van der Waals surface area contributed by atoms with Gasteiger partial charge in [0, 0.05) is 30.4 Å². The predicted molar refractivity (Wildman–Crippen MR) is 114 cm³/mol. The van der Waals surface area contributed by atoms with Crippen LogP contribution in [0.3, 0.4) is 0 Å². The number of aromatic nitrogens is 1. The van der Waals surface area contributed by atoms with Crippen molar-refractivity contribution in [1.29, 1.82) is 0 Å². The van der Waals surface area contributed by atoms with Gasteiger partial charge in [0.2, 0.25) is 0 Å². The summed E-state index contributed by atoms with van der Waals surface area (Å²) in [5, 5.41) is 1.30. The van der Waals surface area contributed by atoms with E-state index in [0.717, 1.165) is 24.2 Å². The summed E-state index contributed by atoms with van der Waals surface area (Å²) in [4.78, 5) is 17.1. The minimum Gasteiger partial charge on any atom is -0.324 e. The quantitative estimate of drug-likeness (QED) is 0.827. The maximum absolute atomic E-state index is 12.8. The van der Waals surface area contributed by atoms with Crippen LogP contribution >= 0.6 is 0 Å².